The zero-order chi connectivity index (χ0) is 13.2. The van der Waals surface area contributed by atoms with E-state index in [1.54, 1.807) is 6.07 Å². The molecule has 0 aromatic carbocycles. The third kappa shape index (κ3) is 2.63. The van der Waals surface area contributed by atoms with Crippen LogP contribution in [-0.2, 0) is 5.41 Å². The number of thiazole rings is 1. The lowest BCUT2D eigenvalue weighted by Gasteiger charge is -2.14. The molecule has 2 rings (SSSR count). The molecule has 0 saturated heterocycles. The van der Waals surface area contributed by atoms with E-state index in [1.165, 1.54) is 17.5 Å². The highest BCUT2D eigenvalue weighted by atomic mass is 32.1. The number of nitrogens with one attached hydrogen (secondary N) is 1. The molecule has 0 atom stereocenters. The van der Waals surface area contributed by atoms with Crippen molar-refractivity contribution in [1.29, 1.82) is 5.26 Å². The maximum absolute atomic E-state index is 8.96. The molecule has 0 spiro atoms. The summed E-state index contributed by atoms with van der Waals surface area (Å²) < 4.78 is 0. The van der Waals surface area contributed by atoms with E-state index in [1.807, 2.05) is 5.38 Å². The van der Waals surface area contributed by atoms with Crippen LogP contribution in [0.5, 0.6) is 0 Å². The van der Waals surface area contributed by atoms with E-state index < -0.39 is 0 Å². The lowest BCUT2D eigenvalue weighted by Crippen LogP contribution is -2.11. The highest BCUT2D eigenvalue weighted by molar-refractivity contribution is 7.13. The molecule has 0 amide bonds. The van der Waals surface area contributed by atoms with E-state index in [2.05, 4.69) is 47.3 Å². The number of hydrogen-bond donors (Lipinski definition) is 1. The average Bonchev–Trinajstić information content (AvgIpc) is 2.78. The van der Waals surface area contributed by atoms with Gasteiger partial charge in [0.05, 0.1) is 17.5 Å². The van der Waals surface area contributed by atoms with Gasteiger partial charge in [-0.05, 0) is 6.07 Å². The Bertz CT molecular complexity index is 591. The summed E-state index contributed by atoms with van der Waals surface area (Å²) in [6.45, 7) is 6.32. The molecule has 6 heteroatoms. The van der Waals surface area contributed by atoms with Crippen molar-refractivity contribution in [3.63, 3.8) is 0 Å². The molecule has 2 heterocycles. The molecule has 0 bridgehead atoms. The van der Waals surface area contributed by atoms with Crippen LogP contribution >= 0.6 is 11.3 Å². The minimum absolute atomic E-state index is 0.0108. The Kier molecular flexibility index (Phi) is 3.26. The van der Waals surface area contributed by atoms with Gasteiger partial charge in [0, 0.05) is 10.8 Å². The van der Waals surface area contributed by atoms with Crippen LogP contribution in [0.3, 0.4) is 0 Å². The zero-order valence-electron chi connectivity index (χ0n) is 10.4. The molecule has 1 N–H and O–H groups in total. The van der Waals surface area contributed by atoms with Gasteiger partial charge >= 0.3 is 0 Å². The van der Waals surface area contributed by atoms with Crippen molar-refractivity contribution in [2.45, 2.75) is 26.2 Å². The van der Waals surface area contributed by atoms with E-state index in [9.17, 15) is 0 Å². The molecule has 0 aliphatic rings. The molecule has 18 heavy (non-hydrogen) atoms. The third-order valence-corrected chi connectivity index (χ3v) is 3.10. The van der Waals surface area contributed by atoms with Gasteiger partial charge < -0.3 is 5.32 Å². The van der Waals surface area contributed by atoms with Gasteiger partial charge in [0.2, 0.25) is 0 Å². The number of rotatable bonds is 2. The van der Waals surface area contributed by atoms with E-state index in [0.29, 0.717) is 11.4 Å². The highest BCUT2D eigenvalue weighted by Gasteiger charge is 2.17. The molecule has 0 aliphatic heterocycles. The Morgan fingerprint density at radius 3 is 2.78 bits per heavy atom. The van der Waals surface area contributed by atoms with Crippen molar-refractivity contribution >= 4 is 22.3 Å². The molecule has 0 aliphatic carbocycles. The summed E-state index contributed by atoms with van der Waals surface area (Å²) in [5.41, 5.74) is 1.48. The second kappa shape index (κ2) is 4.70. The summed E-state index contributed by atoms with van der Waals surface area (Å²) in [4.78, 5) is 4.48. The molecule has 0 saturated carbocycles. The highest BCUT2D eigenvalue weighted by Crippen LogP contribution is 2.28. The molecule has 0 unspecified atom stereocenters. The summed E-state index contributed by atoms with van der Waals surface area (Å²) >= 11 is 1.49. The summed E-state index contributed by atoms with van der Waals surface area (Å²) in [5, 5.41) is 22.4. The minimum atomic E-state index is 0.0108. The Hall–Kier alpha value is -2.00. The van der Waals surface area contributed by atoms with Crippen LogP contribution in [0.25, 0.3) is 0 Å². The van der Waals surface area contributed by atoms with E-state index >= 15 is 0 Å². The van der Waals surface area contributed by atoms with Crippen molar-refractivity contribution < 1.29 is 0 Å². The van der Waals surface area contributed by atoms with Crippen LogP contribution < -0.4 is 5.32 Å². The van der Waals surface area contributed by atoms with E-state index in [4.69, 9.17) is 5.26 Å². The lowest BCUT2D eigenvalue weighted by atomic mass is 9.93. The van der Waals surface area contributed by atoms with Crippen LogP contribution in [-0.4, -0.2) is 15.2 Å². The monoisotopic (exact) mass is 259 g/mol. The van der Waals surface area contributed by atoms with Gasteiger partial charge in [-0.3, -0.25) is 0 Å². The first-order valence-electron chi connectivity index (χ1n) is 5.45. The van der Waals surface area contributed by atoms with Gasteiger partial charge in [0.15, 0.2) is 10.9 Å². The third-order valence-electron chi connectivity index (χ3n) is 2.34. The zero-order valence-corrected chi connectivity index (χ0v) is 11.2. The minimum Gasteiger partial charge on any atom is -0.314 e. The van der Waals surface area contributed by atoms with E-state index in [-0.39, 0.29) is 5.41 Å². The average molecular weight is 259 g/mol. The van der Waals surface area contributed by atoms with Gasteiger partial charge in [-0.2, -0.15) is 10.4 Å². The Labute approximate surface area is 110 Å². The summed E-state index contributed by atoms with van der Waals surface area (Å²) in [6, 6.07) is 3.68. The fourth-order valence-corrected chi connectivity index (χ4v) is 2.23. The van der Waals surface area contributed by atoms with Crippen molar-refractivity contribution in [3.05, 3.63) is 28.9 Å². The second-order valence-corrected chi connectivity index (χ2v) is 5.68. The first-order chi connectivity index (χ1) is 8.50. The first-order valence-corrected chi connectivity index (χ1v) is 6.33. The van der Waals surface area contributed by atoms with Gasteiger partial charge in [0.1, 0.15) is 6.07 Å². The van der Waals surface area contributed by atoms with Crippen molar-refractivity contribution in [1.82, 2.24) is 15.2 Å². The molecular weight excluding hydrogens is 246 g/mol. The first kappa shape index (κ1) is 12.5. The smallest absolute Gasteiger partial charge is 0.188 e. The summed E-state index contributed by atoms with van der Waals surface area (Å²) in [7, 11) is 0. The summed E-state index contributed by atoms with van der Waals surface area (Å²) in [5.74, 6) is 0.440. The maximum Gasteiger partial charge on any atom is 0.188 e. The van der Waals surface area contributed by atoms with Crippen LogP contribution in [0.15, 0.2) is 17.6 Å². The number of anilines is 2. The molecule has 92 valence electrons. The van der Waals surface area contributed by atoms with Crippen molar-refractivity contribution in [3.8, 4) is 6.07 Å². The predicted molar refractivity (Wildman–Crippen MR) is 70.8 cm³/mol. The number of nitrogens with zero attached hydrogens (tertiary/aromatic N) is 4. The van der Waals surface area contributed by atoms with Crippen molar-refractivity contribution in [2.24, 2.45) is 0 Å². The lowest BCUT2D eigenvalue weighted by molar-refractivity contribution is 0.573. The fourth-order valence-electron chi connectivity index (χ4n) is 1.29. The van der Waals surface area contributed by atoms with Crippen LogP contribution in [0.4, 0.5) is 10.9 Å². The van der Waals surface area contributed by atoms with Gasteiger partial charge in [0.25, 0.3) is 0 Å². The summed E-state index contributed by atoms with van der Waals surface area (Å²) in [6.07, 6.45) is 1.49. The Morgan fingerprint density at radius 1 is 1.39 bits per heavy atom. The quantitative estimate of drug-likeness (QED) is 0.897. The van der Waals surface area contributed by atoms with Crippen LogP contribution in [0, 0.1) is 11.3 Å². The predicted octanol–water partition coefficient (Wildman–Crippen LogP) is 2.85. The van der Waals surface area contributed by atoms with Gasteiger partial charge in [-0.25, -0.2) is 4.98 Å². The maximum atomic E-state index is 8.96. The standard InChI is InChI=1S/C12H13N5S/c1-12(2,3)9-7-18-11(15-9)16-10-8(6-13)4-5-14-17-10/h4-5,7H,1-3H3,(H,15,16,17). The number of hydrogen-bond acceptors (Lipinski definition) is 6. The molecule has 0 radical (unpaired) electrons. The van der Waals surface area contributed by atoms with Crippen molar-refractivity contribution in [2.75, 3.05) is 5.32 Å². The normalized spacial score (nSPS) is 11.0. The Balaban J connectivity index is 2.25. The number of aromatic nitrogens is 3. The molecule has 2 aromatic rings. The molecule has 0 fully saturated rings. The number of nitriles is 1. The van der Waals surface area contributed by atoms with Gasteiger partial charge in [-0.1, -0.05) is 20.8 Å². The van der Waals surface area contributed by atoms with Crippen LogP contribution in [0.2, 0.25) is 0 Å². The van der Waals surface area contributed by atoms with E-state index in [0.717, 1.165) is 10.8 Å². The Morgan fingerprint density at radius 2 is 2.17 bits per heavy atom. The second-order valence-electron chi connectivity index (χ2n) is 4.82. The molecule has 2 aromatic heterocycles. The fraction of sp³-hybridized carbons (Fsp3) is 0.333. The molecule has 5 nitrogen and oxygen atoms in total. The SMILES string of the molecule is CC(C)(C)c1csc(Nc2nnccc2C#N)n1. The molecular formula is C12H13N5S. The van der Waals surface area contributed by atoms with Gasteiger partial charge in [-0.15, -0.1) is 16.4 Å². The largest absolute Gasteiger partial charge is 0.314 e. The van der Waals surface area contributed by atoms with Crippen LogP contribution in [0.1, 0.15) is 32.0 Å². The topological polar surface area (TPSA) is 74.5 Å².